The lowest BCUT2D eigenvalue weighted by Gasteiger charge is -2.28. The van der Waals surface area contributed by atoms with E-state index in [0.29, 0.717) is 29.4 Å². The standard InChI is InChI=1S/C24H26N4O5S/c1-24(2,23(25)30)15-5-7-16(8-6-15)27-14-13-19-20(22(27)29)28(26-21(19)34-33-32-4)17-9-11-18(31-3)12-10-17/h5-12H,13-14H2,1-4H3,(H2,25,30). The molecule has 1 aromatic heterocycles. The van der Waals surface area contributed by atoms with Crippen LogP contribution in [0.4, 0.5) is 5.69 Å². The number of rotatable bonds is 8. The van der Waals surface area contributed by atoms with Crippen molar-refractivity contribution in [3.63, 3.8) is 0 Å². The van der Waals surface area contributed by atoms with Gasteiger partial charge in [-0.1, -0.05) is 12.1 Å². The summed E-state index contributed by atoms with van der Waals surface area (Å²) >= 11 is 0.971. The van der Waals surface area contributed by atoms with E-state index in [4.69, 9.17) is 19.7 Å². The van der Waals surface area contributed by atoms with E-state index in [0.717, 1.165) is 34.5 Å². The Labute approximate surface area is 201 Å². The zero-order chi connectivity index (χ0) is 24.5. The van der Waals surface area contributed by atoms with Crippen LogP contribution in [0.15, 0.2) is 53.6 Å². The highest BCUT2D eigenvalue weighted by Crippen LogP contribution is 2.34. The summed E-state index contributed by atoms with van der Waals surface area (Å²) in [5.41, 5.74) is 8.22. The van der Waals surface area contributed by atoms with Gasteiger partial charge in [-0.15, -0.1) is 0 Å². The Bertz CT molecular complexity index is 1210. The summed E-state index contributed by atoms with van der Waals surface area (Å²) in [4.78, 5) is 31.9. The molecule has 34 heavy (non-hydrogen) atoms. The van der Waals surface area contributed by atoms with Gasteiger partial charge < -0.3 is 15.4 Å². The molecule has 178 valence electrons. The summed E-state index contributed by atoms with van der Waals surface area (Å²) in [6, 6.07) is 14.6. The van der Waals surface area contributed by atoms with E-state index in [1.165, 1.54) is 7.11 Å². The smallest absolute Gasteiger partial charge is 0.277 e. The van der Waals surface area contributed by atoms with Crippen LogP contribution < -0.4 is 15.4 Å². The number of nitrogens with two attached hydrogens (primary N) is 1. The zero-order valence-corrected chi connectivity index (χ0v) is 20.2. The summed E-state index contributed by atoms with van der Waals surface area (Å²) < 4.78 is 11.9. The van der Waals surface area contributed by atoms with Crippen molar-refractivity contribution in [2.75, 3.05) is 25.7 Å². The number of carbonyl (C=O) groups is 2. The van der Waals surface area contributed by atoms with E-state index in [1.807, 2.05) is 48.5 Å². The molecule has 0 radical (unpaired) electrons. The first-order valence-electron chi connectivity index (χ1n) is 10.6. The molecule has 9 nitrogen and oxygen atoms in total. The van der Waals surface area contributed by atoms with Crippen LogP contribution in [0.3, 0.4) is 0 Å². The lowest BCUT2D eigenvalue weighted by molar-refractivity contribution is -0.160. The van der Waals surface area contributed by atoms with Crippen molar-refractivity contribution in [3.8, 4) is 11.4 Å². The van der Waals surface area contributed by atoms with Crippen LogP contribution >= 0.6 is 12.0 Å². The fourth-order valence-corrected chi connectivity index (χ4v) is 4.37. The van der Waals surface area contributed by atoms with Crippen LogP contribution in [-0.2, 0) is 25.9 Å². The minimum atomic E-state index is -0.807. The third-order valence-corrected chi connectivity index (χ3v) is 6.68. The molecule has 2 aromatic carbocycles. The molecule has 0 spiro atoms. The Kier molecular flexibility index (Phi) is 6.65. The summed E-state index contributed by atoms with van der Waals surface area (Å²) in [5.74, 6) is 0.107. The second-order valence-corrected chi connectivity index (χ2v) is 8.99. The quantitative estimate of drug-likeness (QED) is 0.298. The van der Waals surface area contributed by atoms with E-state index in [1.54, 1.807) is 30.5 Å². The second kappa shape index (κ2) is 9.49. The van der Waals surface area contributed by atoms with E-state index >= 15 is 0 Å². The normalized spacial score (nSPS) is 13.6. The highest BCUT2D eigenvalue weighted by molar-refractivity contribution is 7.94. The number of nitrogens with zero attached hydrogens (tertiary/aromatic N) is 3. The molecule has 2 heterocycles. The molecule has 4 rings (SSSR count). The monoisotopic (exact) mass is 482 g/mol. The number of benzene rings is 2. The molecule has 10 heteroatoms. The number of amides is 2. The van der Waals surface area contributed by atoms with Gasteiger partial charge in [-0.25, -0.2) is 9.57 Å². The van der Waals surface area contributed by atoms with Crippen LogP contribution in [0.1, 0.15) is 35.5 Å². The molecular weight excluding hydrogens is 456 g/mol. The predicted octanol–water partition coefficient (Wildman–Crippen LogP) is 3.43. The Morgan fingerprint density at radius 2 is 1.71 bits per heavy atom. The SMILES string of the molecule is COOSc1nn(-c2ccc(OC)cc2)c2c1CCN(c1ccc(C(C)(C)C(N)=O)cc1)C2=O. The third-order valence-electron chi connectivity index (χ3n) is 5.99. The number of primary amides is 1. The van der Waals surface area contributed by atoms with Crippen molar-refractivity contribution in [1.29, 1.82) is 0 Å². The molecule has 1 aliphatic rings. The highest BCUT2D eigenvalue weighted by Gasteiger charge is 2.34. The van der Waals surface area contributed by atoms with E-state index in [-0.39, 0.29) is 5.91 Å². The maximum Gasteiger partial charge on any atom is 0.277 e. The maximum absolute atomic E-state index is 13.7. The van der Waals surface area contributed by atoms with Gasteiger partial charge in [0.1, 0.15) is 11.4 Å². The zero-order valence-electron chi connectivity index (χ0n) is 19.4. The Morgan fingerprint density at radius 3 is 2.29 bits per heavy atom. The fraction of sp³-hybridized carbons (Fsp3) is 0.292. The van der Waals surface area contributed by atoms with Crippen LogP contribution in [-0.4, -0.2) is 42.4 Å². The average molecular weight is 483 g/mol. The summed E-state index contributed by atoms with van der Waals surface area (Å²) in [5, 5.41) is 5.20. The Balaban J connectivity index is 1.72. The number of anilines is 1. The highest BCUT2D eigenvalue weighted by atomic mass is 32.2. The third kappa shape index (κ3) is 4.27. The fourth-order valence-electron chi connectivity index (χ4n) is 3.82. The molecule has 0 saturated carbocycles. The second-order valence-electron chi connectivity index (χ2n) is 8.30. The van der Waals surface area contributed by atoms with Crippen molar-refractivity contribution in [1.82, 2.24) is 9.78 Å². The van der Waals surface area contributed by atoms with E-state index in [9.17, 15) is 9.59 Å². The summed E-state index contributed by atoms with van der Waals surface area (Å²) in [7, 11) is 3.01. The van der Waals surface area contributed by atoms with Crippen molar-refractivity contribution < 1.29 is 23.5 Å². The number of hydrogen-bond donors (Lipinski definition) is 1. The molecule has 2 N–H and O–H groups in total. The molecular formula is C24H26N4O5S. The van der Waals surface area contributed by atoms with Crippen molar-refractivity contribution >= 4 is 29.5 Å². The molecule has 0 fully saturated rings. The van der Waals surface area contributed by atoms with Gasteiger partial charge in [0.15, 0.2) is 5.03 Å². The number of hydrogen-bond acceptors (Lipinski definition) is 7. The van der Waals surface area contributed by atoms with Crippen molar-refractivity contribution in [2.45, 2.75) is 30.7 Å². The molecule has 0 atom stereocenters. The van der Waals surface area contributed by atoms with Gasteiger partial charge in [-0.2, -0.15) is 9.43 Å². The maximum atomic E-state index is 13.7. The average Bonchev–Trinajstić information content (AvgIpc) is 3.22. The number of ether oxygens (including phenoxy) is 1. The largest absolute Gasteiger partial charge is 0.497 e. The van der Waals surface area contributed by atoms with E-state index < -0.39 is 11.3 Å². The first-order chi connectivity index (χ1) is 16.3. The number of fused-ring (bicyclic) bond motifs is 1. The van der Waals surface area contributed by atoms with Crippen LogP contribution in [0, 0.1) is 0 Å². The Hall–Kier alpha value is -3.34. The summed E-state index contributed by atoms with van der Waals surface area (Å²) in [6.45, 7) is 4.02. The molecule has 0 bridgehead atoms. The lowest BCUT2D eigenvalue weighted by Crippen LogP contribution is -2.39. The van der Waals surface area contributed by atoms with Crippen molar-refractivity contribution in [2.24, 2.45) is 5.73 Å². The van der Waals surface area contributed by atoms with Gasteiger partial charge in [-0.3, -0.25) is 9.59 Å². The van der Waals surface area contributed by atoms with Crippen molar-refractivity contribution in [3.05, 3.63) is 65.4 Å². The first-order valence-corrected chi connectivity index (χ1v) is 11.4. The molecule has 0 aliphatic carbocycles. The molecule has 0 saturated heterocycles. The molecule has 2 amide bonds. The van der Waals surface area contributed by atoms with E-state index in [2.05, 4.69) is 5.10 Å². The lowest BCUT2D eigenvalue weighted by atomic mass is 9.84. The van der Waals surface area contributed by atoms with Gasteiger partial charge >= 0.3 is 0 Å². The van der Waals surface area contributed by atoms with Gasteiger partial charge in [0.2, 0.25) is 5.91 Å². The predicted molar refractivity (Wildman–Crippen MR) is 128 cm³/mol. The number of aromatic nitrogens is 2. The van der Waals surface area contributed by atoms with Gasteiger partial charge in [0.05, 0.1) is 37.4 Å². The van der Waals surface area contributed by atoms with Gasteiger partial charge in [0.25, 0.3) is 5.91 Å². The Morgan fingerprint density at radius 1 is 1.06 bits per heavy atom. The number of carbonyl (C=O) groups excluding carboxylic acids is 2. The van der Waals surface area contributed by atoms with Gasteiger partial charge in [-0.05, 0) is 62.2 Å². The topological polar surface area (TPSA) is 109 Å². The molecule has 3 aromatic rings. The number of methoxy groups -OCH3 is 1. The minimum absolute atomic E-state index is 0.184. The first kappa shape index (κ1) is 23.8. The van der Waals surface area contributed by atoms with Gasteiger partial charge in [0, 0.05) is 17.8 Å². The minimum Gasteiger partial charge on any atom is -0.497 e. The van der Waals surface area contributed by atoms with Crippen LogP contribution in [0.2, 0.25) is 0 Å². The van der Waals surface area contributed by atoms with Crippen LogP contribution in [0.25, 0.3) is 5.69 Å². The molecule has 0 unspecified atom stereocenters. The van der Waals surface area contributed by atoms with Crippen LogP contribution in [0.5, 0.6) is 5.75 Å². The summed E-state index contributed by atoms with van der Waals surface area (Å²) in [6.07, 6.45) is 0.584. The molecule has 1 aliphatic heterocycles.